The first-order chi connectivity index (χ1) is 7.69. The molecule has 1 heterocycles. The molecule has 2 rings (SSSR count). The molecule has 86 valence electrons. The van der Waals surface area contributed by atoms with Gasteiger partial charge in [-0.1, -0.05) is 11.6 Å². The van der Waals surface area contributed by atoms with Gasteiger partial charge in [0.2, 0.25) is 0 Å². The highest BCUT2D eigenvalue weighted by molar-refractivity contribution is 6.35. The van der Waals surface area contributed by atoms with E-state index in [1.807, 2.05) is 29.9 Å². The molecule has 0 aliphatic rings. The van der Waals surface area contributed by atoms with E-state index in [4.69, 9.17) is 21.4 Å². The molecule has 0 aliphatic carbocycles. The summed E-state index contributed by atoms with van der Waals surface area (Å²) in [6.07, 6.45) is 2.59. The third-order valence-corrected chi connectivity index (χ3v) is 3.02. The second kappa shape index (κ2) is 4.36. The minimum Gasteiger partial charge on any atom is -0.496 e. The monoisotopic (exact) mass is 239 g/mol. The number of nitrogens with zero attached hydrogens (tertiary/aromatic N) is 1. The minimum absolute atomic E-state index is 0.120. The molecule has 1 N–H and O–H groups in total. The molecular formula is C12H14ClNO2. The minimum atomic E-state index is 0.120. The number of benzene rings is 1. The molecule has 3 nitrogen and oxygen atoms in total. The summed E-state index contributed by atoms with van der Waals surface area (Å²) in [4.78, 5) is 0. The van der Waals surface area contributed by atoms with Crippen LogP contribution in [0.2, 0.25) is 5.02 Å². The highest BCUT2D eigenvalue weighted by atomic mass is 35.5. The van der Waals surface area contributed by atoms with Crippen LogP contribution in [0.3, 0.4) is 0 Å². The van der Waals surface area contributed by atoms with Gasteiger partial charge < -0.3 is 14.4 Å². The second-order valence-electron chi connectivity index (χ2n) is 3.71. The first-order valence-corrected chi connectivity index (χ1v) is 5.48. The predicted octanol–water partition coefficient (Wildman–Crippen LogP) is 2.38. The van der Waals surface area contributed by atoms with Crippen LogP contribution in [0.4, 0.5) is 0 Å². The fraction of sp³-hybridized carbons (Fsp3) is 0.333. The lowest BCUT2D eigenvalue weighted by molar-refractivity contribution is 0.300. The van der Waals surface area contributed by atoms with Gasteiger partial charge in [-0.3, -0.25) is 0 Å². The van der Waals surface area contributed by atoms with E-state index in [9.17, 15) is 0 Å². The molecule has 0 radical (unpaired) electrons. The van der Waals surface area contributed by atoms with Crippen molar-refractivity contribution in [1.82, 2.24) is 4.57 Å². The van der Waals surface area contributed by atoms with Crippen LogP contribution in [0.5, 0.6) is 5.75 Å². The Morgan fingerprint density at radius 1 is 1.44 bits per heavy atom. The van der Waals surface area contributed by atoms with E-state index >= 15 is 0 Å². The van der Waals surface area contributed by atoms with Crippen LogP contribution in [0.15, 0.2) is 18.3 Å². The Kier molecular flexibility index (Phi) is 3.08. The number of hydrogen-bond donors (Lipinski definition) is 1. The van der Waals surface area contributed by atoms with E-state index < -0.39 is 0 Å². The molecule has 0 aliphatic heterocycles. The van der Waals surface area contributed by atoms with E-state index in [1.165, 1.54) is 0 Å². The number of ether oxygens (including phenoxy) is 1. The number of aryl methyl sites for hydroxylation is 1. The van der Waals surface area contributed by atoms with Crippen LogP contribution in [0, 0.1) is 0 Å². The van der Waals surface area contributed by atoms with Gasteiger partial charge in [-0.15, -0.1) is 0 Å². The van der Waals surface area contributed by atoms with Crippen molar-refractivity contribution in [2.45, 2.75) is 6.42 Å². The van der Waals surface area contributed by atoms with Gasteiger partial charge in [0.25, 0.3) is 0 Å². The van der Waals surface area contributed by atoms with Crippen molar-refractivity contribution < 1.29 is 9.84 Å². The van der Waals surface area contributed by atoms with E-state index in [0.29, 0.717) is 11.4 Å². The van der Waals surface area contributed by atoms with Gasteiger partial charge in [0, 0.05) is 25.2 Å². The van der Waals surface area contributed by atoms with Crippen LogP contribution in [0.1, 0.15) is 5.56 Å². The number of hydrogen-bond acceptors (Lipinski definition) is 2. The summed E-state index contributed by atoms with van der Waals surface area (Å²) in [7, 11) is 3.58. The van der Waals surface area contributed by atoms with Crippen molar-refractivity contribution in [2.24, 2.45) is 7.05 Å². The fourth-order valence-electron chi connectivity index (χ4n) is 2.05. The van der Waals surface area contributed by atoms with Crippen molar-refractivity contribution in [3.63, 3.8) is 0 Å². The van der Waals surface area contributed by atoms with E-state index in [0.717, 1.165) is 22.2 Å². The molecule has 0 unspecified atom stereocenters. The zero-order valence-electron chi connectivity index (χ0n) is 9.33. The van der Waals surface area contributed by atoms with Gasteiger partial charge >= 0.3 is 0 Å². The lowest BCUT2D eigenvalue weighted by Gasteiger charge is -2.06. The van der Waals surface area contributed by atoms with E-state index in [1.54, 1.807) is 7.11 Å². The quantitative estimate of drug-likeness (QED) is 0.893. The molecule has 0 fully saturated rings. The zero-order valence-corrected chi connectivity index (χ0v) is 10.1. The Morgan fingerprint density at radius 3 is 2.81 bits per heavy atom. The maximum absolute atomic E-state index is 9.04. The summed E-state index contributed by atoms with van der Waals surface area (Å²) in [5.74, 6) is 0.795. The second-order valence-corrected chi connectivity index (χ2v) is 4.12. The maximum Gasteiger partial charge on any atom is 0.128 e. The van der Waals surface area contributed by atoms with E-state index in [-0.39, 0.29) is 6.61 Å². The summed E-state index contributed by atoms with van der Waals surface area (Å²) in [6.45, 7) is 0.120. The number of aliphatic hydroxyl groups excluding tert-OH is 1. The lowest BCUT2D eigenvalue weighted by atomic mass is 10.1. The number of fused-ring (bicyclic) bond motifs is 1. The SMILES string of the molecule is COc1ccc(Cl)c2c1c(CCO)cn2C. The molecule has 0 atom stereocenters. The van der Waals surface area contributed by atoms with E-state index in [2.05, 4.69) is 0 Å². The Labute approximate surface area is 99.2 Å². The Hall–Kier alpha value is -1.19. The van der Waals surface area contributed by atoms with Crippen LogP contribution in [-0.2, 0) is 13.5 Å². The first-order valence-electron chi connectivity index (χ1n) is 5.10. The summed E-state index contributed by atoms with van der Waals surface area (Å²) < 4.78 is 7.29. The standard InChI is InChI=1S/C12H14ClNO2/c1-14-7-8(5-6-15)11-10(16-2)4-3-9(13)12(11)14/h3-4,7,15H,5-6H2,1-2H3. The third-order valence-electron chi connectivity index (χ3n) is 2.71. The lowest BCUT2D eigenvalue weighted by Crippen LogP contribution is -1.91. The summed E-state index contributed by atoms with van der Waals surface area (Å²) in [5.41, 5.74) is 2.00. The van der Waals surface area contributed by atoms with Gasteiger partial charge in [0.15, 0.2) is 0 Å². The molecule has 1 aromatic carbocycles. The topological polar surface area (TPSA) is 34.4 Å². The predicted molar refractivity (Wildman–Crippen MR) is 65.3 cm³/mol. The van der Waals surface area contributed by atoms with Crippen LogP contribution in [-0.4, -0.2) is 23.4 Å². The van der Waals surface area contributed by atoms with Crippen molar-refractivity contribution in [3.8, 4) is 5.75 Å². The Balaban J connectivity index is 2.78. The van der Waals surface area contributed by atoms with Gasteiger partial charge in [-0.05, 0) is 24.1 Å². The van der Waals surface area contributed by atoms with Gasteiger partial charge in [-0.25, -0.2) is 0 Å². The van der Waals surface area contributed by atoms with Crippen molar-refractivity contribution in [1.29, 1.82) is 0 Å². The number of methoxy groups -OCH3 is 1. The summed E-state index contributed by atoms with van der Waals surface area (Å²) in [6, 6.07) is 3.68. The maximum atomic E-state index is 9.04. The van der Waals surface area contributed by atoms with Crippen LogP contribution in [0.25, 0.3) is 10.9 Å². The Bertz CT molecular complexity index is 519. The molecule has 0 amide bonds. The van der Waals surface area contributed by atoms with Crippen LogP contribution < -0.4 is 4.74 Å². The fourth-order valence-corrected chi connectivity index (χ4v) is 2.34. The number of aromatic nitrogens is 1. The highest BCUT2D eigenvalue weighted by Crippen LogP contribution is 2.35. The van der Waals surface area contributed by atoms with Crippen LogP contribution >= 0.6 is 11.6 Å². The highest BCUT2D eigenvalue weighted by Gasteiger charge is 2.13. The zero-order chi connectivity index (χ0) is 11.7. The van der Waals surface area contributed by atoms with Gasteiger partial charge in [-0.2, -0.15) is 0 Å². The van der Waals surface area contributed by atoms with Gasteiger partial charge in [0.05, 0.1) is 17.6 Å². The Morgan fingerprint density at radius 2 is 2.19 bits per heavy atom. The molecule has 0 saturated heterocycles. The van der Waals surface area contributed by atoms with Crippen molar-refractivity contribution in [2.75, 3.05) is 13.7 Å². The number of rotatable bonds is 3. The summed E-state index contributed by atoms with van der Waals surface area (Å²) >= 11 is 6.17. The van der Waals surface area contributed by atoms with Crippen molar-refractivity contribution in [3.05, 3.63) is 28.9 Å². The van der Waals surface area contributed by atoms with Crippen molar-refractivity contribution >= 4 is 22.5 Å². The normalized spacial score (nSPS) is 11.0. The molecule has 0 bridgehead atoms. The van der Waals surface area contributed by atoms with Gasteiger partial charge in [0.1, 0.15) is 5.75 Å². The molecule has 16 heavy (non-hydrogen) atoms. The number of halogens is 1. The average molecular weight is 240 g/mol. The number of aliphatic hydroxyl groups is 1. The summed E-state index contributed by atoms with van der Waals surface area (Å²) in [5, 5.41) is 10.7. The molecule has 0 saturated carbocycles. The first kappa shape index (κ1) is 11.3. The molecule has 2 aromatic rings. The molecule has 4 heteroatoms. The molecule has 0 spiro atoms. The molecule has 1 aromatic heterocycles. The largest absolute Gasteiger partial charge is 0.496 e. The third kappa shape index (κ3) is 1.66. The smallest absolute Gasteiger partial charge is 0.128 e. The average Bonchev–Trinajstić information content (AvgIpc) is 2.59. The molecular weight excluding hydrogens is 226 g/mol.